The second kappa shape index (κ2) is 7.21. The van der Waals surface area contributed by atoms with Gasteiger partial charge < -0.3 is 24.0 Å². The van der Waals surface area contributed by atoms with Crippen LogP contribution in [0.15, 0.2) is 12.7 Å². The van der Waals surface area contributed by atoms with E-state index in [9.17, 15) is 9.59 Å². The molecule has 7 nitrogen and oxygen atoms in total. The van der Waals surface area contributed by atoms with Crippen molar-refractivity contribution in [2.45, 2.75) is 32.5 Å². The molecule has 0 aliphatic carbocycles. The summed E-state index contributed by atoms with van der Waals surface area (Å²) in [5.41, 5.74) is -0.491. The lowest BCUT2D eigenvalue weighted by atomic mass is 9.93. The van der Waals surface area contributed by atoms with E-state index >= 15 is 0 Å². The lowest BCUT2D eigenvalue weighted by Crippen LogP contribution is -2.60. The van der Waals surface area contributed by atoms with Gasteiger partial charge in [0.15, 0.2) is 0 Å². The van der Waals surface area contributed by atoms with E-state index in [4.69, 9.17) is 14.2 Å². The van der Waals surface area contributed by atoms with Crippen LogP contribution in [0.4, 0.5) is 9.59 Å². The van der Waals surface area contributed by atoms with Gasteiger partial charge in [-0.05, 0) is 20.8 Å². The molecule has 130 valence electrons. The molecule has 2 fully saturated rings. The molecule has 2 rings (SSSR count). The van der Waals surface area contributed by atoms with Gasteiger partial charge in [0.2, 0.25) is 0 Å². The summed E-state index contributed by atoms with van der Waals surface area (Å²) >= 11 is 0. The van der Waals surface area contributed by atoms with E-state index in [0.717, 1.165) is 0 Å². The molecule has 1 atom stereocenters. The van der Waals surface area contributed by atoms with Crippen molar-refractivity contribution in [3.8, 4) is 0 Å². The Morgan fingerprint density at radius 3 is 2.52 bits per heavy atom. The van der Waals surface area contributed by atoms with Gasteiger partial charge in [-0.15, -0.1) is 0 Å². The Hall–Kier alpha value is -1.76. The minimum atomic E-state index is -0.491. The van der Waals surface area contributed by atoms with Crippen molar-refractivity contribution in [3.63, 3.8) is 0 Å². The van der Waals surface area contributed by atoms with Gasteiger partial charge in [-0.2, -0.15) is 0 Å². The highest BCUT2D eigenvalue weighted by molar-refractivity contribution is 5.69. The minimum absolute atomic E-state index is 0.0706. The molecule has 0 aromatic heterocycles. The molecule has 23 heavy (non-hydrogen) atoms. The van der Waals surface area contributed by atoms with E-state index in [1.165, 1.54) is 0 Å². The number of ether oxygens (including phenoxy) is 3. The Balaban J connectivity index is 1.77. The number of rotatable bonds is 3. The Morgan fingerprint density at radius 2 is 1.91 bits per heavy atom. The molecule has 2 amide bonds. The van der Waals surface area contributed by atoms with Crippen LogP contribution < -0.4 is 0 Å². The molecule has 0 bridgehead atoms. The lowest BCUT2D eigenvalue weighted by molar-refractivity contribution is -0.0917. The van der Waals surface area contributed by atoms with Crippen LogP contribution in [0.2, 0.25) is 0 Å². The summed E-state index contributed by atoms with van der Waals surface area (Å²) < 4.78 is 16.1. The van der Waals surface area contributed by atoms with Gasteiger partial charge in [0.1, 0.15) is 12.2 Å². The topological polar surface area (TPSA) is 68.3 Å². The normalized spacial score (nSPS) is 22.3. The first-order valence-electron chi connectivity index (χ1n) is 7.92. The van der Waals surface area contributed by atoms with Crippen LogP contribution in [0.1, 0.15) is 20.8 Å². The molecule has 0 unspecified atom stereocenters. The zero-order valence-corrected chi connectivity index (χ0v) is 14.1. The fourth-order valence-corrected chi connectivity index (χ4v) is 2.57. The van der Waals surface area contributed by atoms with Crippen LogP contribution in [0.3, 0.4) is 0 Å². The maximum atomic E-state index is 11.9. The van der Waals surface area contributed by atoms with Crippen molar-refractivity contribution >= 4 is 12.2 Å². The van der Waals surface area contributed by atoms with E-state index in [1.807, 2.05) is 20.8 Å². The van der Waals surface area contributed by atoms with E-state index in [0.29, 0.717) is 32.8 Å². The third-order valence-corrected chi connectivity index (χ3v) is 3.76. The van der Waals surface area contributed by atoms with Crippen LogP contribution in [-0.2, 0) is 14.2 Å². The maximum Gasteiger partial charge on any atom is 0.410 e. The average Bonchev–Trinajstić information content (AvgIpc) is 2.41. The summed E-state index contributed by atoms with van der Waals surface area (Å²) in [5.74, 6) is 0.220. The molecule has 2 aliphatic heterocycles. The van der Waals surface area contributed by atoms with Crippen molar-refractivity contribution in [1.82, 2.24) is 9.80 Å². The lowest BCUT2D eigenvalue weighted by Gasteiger charge is -2.45. The number of carbonyl (C=O) groups excluding carboxylic acids is 2. The predicted molar refractivity (Wildman–Crippen MR) is 84.2 cm³/mol. The van der Waals surface area contributed by atoms with E-state index in [-0.39, 0.29) is 30.8 Å². The predicted octanol–water partition coefficient (Wildman–Crippen LogP) is 1.88. The second-order valence-electron chi connectivity index (χ2n) is 6.87. The van der Waals surface area contributed by atoms with E-state index in [1.54, 1.807) is 15.9 Å². The largest absolute Gasteiger partial charge is 0.445 e. The molecule has 0 aromatic rings. The summed E-state index contributed by atoms with van der Waals surface area (Å²) in [6, 6.07) is 0. The summed E-state index contributed by atoms with van der Waals surface area (Å²) in [6.45, 7) is 11.9. The van der Waals surface area contributed by atoms with E-state index < -0.39 is 5.60 Å². The number of hydrogen-bond donors (Lipinski definition) is 0. The van der Waals surface area contributed by atoms with Crippen LogP contribution >= 0.6 is 0 Å². The zero-order chi connectivity index (χ0) is 17.0. The third kappa shape index (κ3) is 4.86. The van der Waals surface area contributed by atoms with Crippen LogP contribution in [-0.4, -0.2) is 73.1 Å². The number of morpholine rings is 1. The molecule has 0 saturated carbocycles. The van der Waals surface area contributed by atoms with Gasteiger partial charge in [-0.25, -0.2) is 9.59 Å². The minimum Gasteiger partial charge on any atom is -0.445 e. The van der Waals surface area contributed by atoms with Crippen molar-refractivity contribution < 1.29 is 23.8 Å². The van der Waals surface area contributed by atoms with Crippen molar-refractivity contribution in [1.29, 1.82) is 0 Å². The van der Waals surface area contributed by atoms with Crippen LogP contribution in [0.25, 0.3) is 0 Å². The van der Waals surface area contributed by atoms with Crippen LogP contribution in [0, 0.1) is 5.92 Å². The monoisotopic (exact) mass is 326 g/mol. The van der Waals surface area contributed by atoms with Gasteiger partial charge in [0.25, 0.3) is 0 Å². The number of amides is 2. The fraction of sp³-hybridized carbons (Fsp3) is 0.750. The molecule has 2 aliphatic rings. The molecule has 0 N–H and O–H groups in total. The molecule has 0 radical (unpaired) electrons. The number of likely N-dealkylation sites (tertiary alicyclic amines) is 1. The first-order chi connectivity index (χ1) is 10.8. The first kappa shape index (κ1) is 17.6. The highest BCUT2D eigenvalue weighted by atomic mass is 16.6. The first-order valence-corrected chi connectivity index (χ1v) is 7.92. The summed E-state index contributed by atoms with van der Waals surface area (Å²) in [5, 5.41) is 0. The van der Waals surface area contributed by atoms with Gasteiger partial charge in [-0.3, -0.25) is 0 Å². The Labute approximate surface area is 137 Å². The highest BCUT2D eigenvalue weighted by Crippen LogP contribution is 2.26. The summed E-state index contributed by atoms with van der Waals surface area (Å²) in [6.07, 6.45) is 0.826. The van der Waals surface area contributed by atoms with E-state index in [2.05, 4.69) is 6.58 Å². The molecular formula is C16H26N2O5. The van der Waals surface area contributed by atoms with Crippen LogP contribution in [0.5, 0.6) is 0 Å². The maximum absolute atomic E-state index is 11.9. The van der Waals surface area contributed by atoms with Gasteiger partial charge >= 0.3 is 12.2 Å². The fourth-order valence-electron chi connectivity index (χ4n) is 2.57. The zero-order valence-electron chi connectivity index (χ0n) is 14.1. The second-order valence-corrected chi connectivity index (χ2v) is 6.87. The Kier molecular flexibility index (Phi) is 5.51. The van der Waals surface area contributed by atoms with Gasteiger partial charge in [-0.1, -0.05) is 12.7 Å². The number of nitrogens with zero attached hydrogens (tertiary/aromatic N) is 2. The highest BCUT2D eigenvalue weighted by Gasteiger charge is 2.41. The smallest absolute Gasteiger partial charge is 0.410 e. The van der Waals surface area contributed by atoms with Crippen molar-refractivity contribution in [3.05, 3.63) is 12.7 Å². The quantitative estimate of drug-likeness (QED) is 0.741. The Morgan fingerprint density at radius 1 is 1.22 bits per heavy atom. The third-order valence-electron chi connectivity index (χ3n) is 3.76. The molecule has 2 heterocycles. The molecule has 2 saturated heterocycles. The van der Waals surface area contributed by atoms with Crippen molar-refractivity contribution in [2.24, 2.45) is 5.92 Å². The molecule has 0 spiro atoms. The molecule has 0 aromatic carbocycles. The SMILES string of the molecule is C=CCOC(=O)N1CCO[C@@H](C2CN(C(=O)OC(C)(C)C)C2)C1. The standard InChI is InChI=1S/C16H26N2O5/c1-5-7-22-14(19)17-6-8-21-13(11-17)12-9-18(10-12)15(20)23-16(2,3)4/h5,12-13H,1,6-11H2,2-4H3/t13-/m1/s1. The average molecular weight is 326 g/mol. The number of hydrogen-bond acceptors (Lipinski definition) is 5. The van der Waals surface area contributed by atoms with Crippen molar-refractivity contribution in [2.75, 3.05) is 39.4 Å². The number of carbonyl (C=O) groups is 2. The summed E-state index contributed by atoms with van der Waals surface area (Å²) in [7, 11) is 0. The Bertz CT molecular complexity index is 454. The molecule has 7 heteroatoms. The van der Waals surface area contributed by atoms with Gasteiger partial charge in [0.05, 0.1) is 19.3 Å². The summed E-state index contributed by atoms with van der Waals surface area (Å²) in [4.78, 5) is 27.1. The molecular weight excluding hydrogens is 300 g/mol. The van der Waals surface area contributed by atoms with Gasteiger partial charge in [0, 0.05) is 25.6 Å².